The van der Waals surface area contributed by atoms with Gasteiger partial charge in [0, 0.05) is 44.2 Å². The Bertz CT molecular complexity index is 3550. The van der Waals surface area contributed by atoms with E-state index in [2.05, 4.69) is 240 Å². The summed E-state index contributed by atoms with van der Waals surface area (Å²) >= 11 is 0. The molecule has 2 aromatic heterocycles. The maximum absolute atomic E-state index is 6.25. The largest absolute Gasteiger partial charge is 0.456 e. The van der Waals surface area contributed by atoms with E-state index < -0.39 is 0 Å². The van der Waals surface area contributed by atoms with E-state index in [-0.39, 0.29) is 0 Å². The Hall–Kier alpha value is -8.40. The van der Waals surface area contributed by atoms with Gasteiger partial charge in [0.2, 0.25) is 0 Å². The molecule has 3 nitrogen and oxygen atoms in total. The van der Waals surface area contributed by atoms with Crippen LogP contribution in [0.1, 0.15) is 0 Å². The third-order valence-corrected chi connectivity index (χ3v) is 12.4. The van der Waals surface area contributed by atoms with E-state index in [4.69, 9.17) is 4.42 Å². The summed E-state index contributed by atoms with van der Waals surface area (Å²) in [4.78, 5) is 2.37. The van der Waals surface area contributed by atoms with E-state index in [0.717, 1.165) is 61.4 Å². The lowest BCUT2D eigenvalue weighted by Gasteiger charge is -2.28. The highest BCUT2D eigenvalue weighted by Gasteiger charge is 2.18. The Morgan fingerprint density at radius 2 is 0.778 bits per heavy atom. The number of hydrogen-bond donors (Lipinski definition) is 0. The summed E-state index contributed by atoms with van der Waals surface area (Å²) in [5.41, 5.74) is 18.0. The second kappa shape index (κ2) is 15.3. The molecule has 2 heterocycles. The molecule has 10 aromatic carbocycles. The fourth-order valence-corrected chi connectivity index (χ4v) is 9.35. The van der Waals surface area contributed by atoms with Crippen molar-refractivity contribution in [3.05, 3.63) is 243 Å². The van der Waals surface area contributed by atoms with Crippen molar-refractivity contribution in [3.8, 4) is 50.2 Å². The van der Waals surface area contributed by atoms with Crippen LogP contribution in [-0.2, 0) is 0 Å². The maximum atomic E-state index is 6.25. The number of benzene rings is 10. The minimum Gasteiger partial charge on any atom is -0.456 e. The number of hydrogen-bond acceptors (Lipinski definition) is 2. The number of anilines is 3. The third kappa shape index (κ3) is 6.46. The second-order valence-electron chi connectivity index (χ2n) is 16.1. The van der Waals surface area contributed by atoms with Gasteiger partial charge in [-0.3, -0.25) is 0 Å². The summed E-state index contributed by atoms with van der Waals surface area (Å²) in [6, 6.07) is 87.1. The smallest absolute Gasteiger partial charge is 0.136 e. The lowest BCUT2D eigenvalue weighted by Crippen LogP contribution is -2.11. The van der Waals surface area contributed by atoms with Crippen molar-refractivity contribution >= 4 is 60.8 Å². The Kier molecular flexibility index (Phi) is 8.83. The van der Waals surface area contributed by atoms with Gasteiger partial charge in [-0.1, -0.05) is 170 Å². The molecule has 0 aliphatic carbocycles. The van der Waals surface area contributed by atoms with E-state index in [9.17, 15) is 0 Å². The Morgan fingerprint density at radius 3 is 1.44 bits per heavy atom. The minimum absolute atomic E-state index is 0.899. The first-order valence-corrected chi connectivity index (χ1v) is 21.5. The van der Waals surface area contributed by atoms with Gasteiger partial charge in [-0.05, 0) is 112 Å². The number of aromatic nitrogens is 1. The average Bonchev–Trinajstić information content (AvgIpc) is 3.91. The van der Waals surface area contributed by atoms with Crippen molar-refractivity contribution in [3.63, 3.8) is 0 Å². The molecule has 3 heteroatoms. The minimum atomic E-state index is 0.899. The molecule has 0 unspecified atom stereocenters. The fraction of sp³-hybridized carbons (Fsp3) is 0. The van der Waals surface area contributed by atoms with Gasteiger partial charge < -0.3 is 13.9 Å². The fourth-order valence-electron chi connectivity index (χ4n) is 9.35. The van der Waals surface area contributed by atoms with Gasteiger partial charge in [-0.15, -0.1) is 0 Å². The summed E-state index contributed by atoms with van der Waals surface area (Å²) in [5, 5.41) is 4.81. The van der Waals surface area contributed by atoms with E-state index in [0.29, 0.717) is 0 Å². The number of fused-ring (bicyclic) bond motifs is 6. The molecule has 0 aliphatic rings. The standard InChI is InChI=1S/C60H40N2O/c1-2-13-45(14-3-1)51-17-4-8-21-56(51)61(49-36-31-44(32-37-49)47-33-38-55-54-20-7-11-24-59(54)63-60(55)40-47)48-34-29-42(30-35-48)41-25-27-43(28-26-41)46-15-12-16-50(39-46)62-57-22-9-5-18-52(57)53-19-6-10-23-58(53)62/h1-40H. The van der Waals surface area contributed by atoms with Gasteiger partial charge in [0.25, 0.3) is 0 Å². The van der Waals surface area contributed by atoms with Gasteiger partial charge in [-0.25, -0.2) is 0 Å². The summed E-state index contributed by atoms with van der Waals surface area (Å²) in [6.45, 7) is 0. The number of rotatable bonds is 8. The van der Waals surface area contributed by atoms with Crippen molar-refractivity contribution in [2.45, 2.75) is 0 Å². The van der Waals surface area contributed by atoms with Crippen LogP contribution in [0.5, 0.6) is 0 Å². The molecule has 296 valence electrons. The molecular formula is C60H40N2O. The summed E-state index contributed by atoms with van der Waals surface area (Å²) in [6.07, 6.45) is 0. The number of para-hydroxylation sites is 4. The topological polar surface area (TPSA) is 21.3 Å². The van der Waals surface area contributed by atoms with Crippen LogP contribution < -0.4 is 4.90 Å². The van der Waals surface area contributed by atoms with Gasteiger partial charge in [0.15, 0.2) is 0 Å². The Balaban J connectivity index is 0.873. The van der Waals surface area contributed by atoms with E-state index >= 15 is 0 Å². The third-order valence-electron chi connectivity index (χ3n) is 12.4. The highest BCUT2D eigenvalue weighted by atomic mass is 16.3. The van der Waals surface area contributed by atoms with Crippen LogP contribution >= 0.6 is 0 Å². The molecule has 12 rings (SSSR count). The average molecular weight is 805 g/mol. The van der Waals surface area contributed by atoms with Crippen LogP contribution in [0.15, 0.2) is 247 Å². The van der Waals surface area contributed by atoms with Crippen LogP contribution in [0.2, 0.25) is 0 Å². The zero-order chi connectivity index (χ0) is 41.7. The zero-order valence-electron chi connectivity index (χ0n) is 34.4. The Morgan fingerprint density at radius 1 is 0.302 bits per heavy atom. The predicted octanol–water partition coefficient (Wildman–Crippen LogP) is 16.8. The van der Waals surface area contributed by atoms with Crippen LogP contribution in [0, 0.1) is 0 Å². The van der Waals surface area contributed by atoms with Gasteiger partial charge in [0.05, 0.1) is 16.7 Å². The SMILES string of the molecule is c1ccc(-c2ccccc2N(c2ccc(-c3ccc(-c4cccc(-n5c6ccccc6c6ccccc65)c4)cc3)cc2)c2ccc(-c3ccc4c(c3)oc3ccccc34)cc2)cc1. The molecule has 0 aliphatic heterocycles. The van der Waals surface area contributed by atoms with Crippen molar-refractivity contribution in [1.29, 1.82) is 0 Å². The lowest BCUT2D eigenvalue weighted by molar-refractivity contribution is 0.669. The molecule has 0 atom stereocenters. The first kappa shape index (κ1) is 36.5. The van der Waals surface area contributed by atoms with Crippen molar-refractivity contribution in [2.75, 3.05) is 4.90 Å². The highest BCUT2D eigenvalue weighted by molar-refractivity contribution is 6.09. The van der Waals surface area contributed by atoms with Crippen LogP contribution in [0.4, 0.5) is 17.1 Å². The van der Waals surface area contributed by atoms with Gasteiger partial charge in [0.1, 0.15) is 11.2 Å². The maximum Gasteiger partial charge on any atom is 0.136 e. The highest BCUT2D eigenvalue weighted by Crippen LogP contribution is 2.42. The van der Waals surface area contributed by atoms with Gasteiger partial charge >= 0.3 is 0 Å². The molecule has 0 spiro atoms. The van der Waals surface area contributed by atoms with Crippen molar-refractivity contribution < 1.29 is 4.42 Å². The van der Waals surface area contributed by atoms with Gasteiger partial charge in [-0.2, -0.15) is 0 Å². The Labute approximate surface area is 366 Å². The lowest BCUT2D eigenvalue weighted by atomic mass is 9.99. The van der Waals surface area contributed by atoms with Crippen LogP contribution in [0.3, 0.4) is 0 Å². The van der Waals surface area contributed by atoms with E-state index in [1.807, 2.05) is 12.1 Å². The molecular weight excluding hydrogens is 765 g/mol. The number of furan rings is 1. The van der Waals surface area contributed by atoms with Crippen LogP contribution in [-0.4, -0.2) is 4.57 Å². The molecule has 63 heavy (non-hydrogen) atoms. The second-order valence-corrected chi connectivity index (χ2v) is 16.1. The first-order valence-electron chi connectivity index (χ1n) is 21.5. The molecule has 0 fully saturated rings. The number of nitrogens with zero attached hydrogens (tertiary/aromatic N) is 2. The van der Waals surface area contributed by atoms with Crippen LogP contribution in [0.25, 0.3) is 93.9 Å². The summed E-state index contributed by atoms with van der Waals surface area (Å²) < 4.78 is 8.62. The molecule has 0 radical (unpaired) electrons. The van der Waals surface area contributed by atoms with Crippen molar-refractivity contribution in [2.24, 2.45) is 0 Å². The molecule has 0 saturated heterocycles. The molecule has 0 saturated carbocycles. The molecule has 12 aromatic rings. The quantitative estimate of drug-likeness (QED) is 0.153. The van der Waals surface area contributed by atoms with Crippen molar-refractivity contribution in [1.82, 2.24) is 4.57 Å². The zero-order valence-corrected chi connectivity index (χ0v) is 34.4. The molecule has 0 amide bonds. The first-order chi connectivity index (χ1) is 31.2. The molecule has 0 bridgehead atoms. The van der Waals surface area contributed by atoms with E-state index in [1.165, 1.54) is 49.6 Å². The molecule has 0 N–H and O–H groups in total. The predicted molar refractivity (Wildman–Crippen MR) is 264 cm³/mol. The summed E-state index contributed by atoms with van der Waals surface area (Å²) in [5.74, 6) is 0. The normalized spacial score (nSPS) is 11.5. The van der Waals surface area contributed by atoms with E-state index in [1.54, 1.807) is 0 Å². The summed E-state index contributed by atoms with van der Waals surface area (Å²) in [7, 11) is 0. The monoisotopic (exact) mass is 804 g/mol.